The van der Waals surface area contributed by atoms with Gasteiger partial charge in [-0.15, -0.1) is 0 Å². The van der Waals surface area contributed by atoms with Gasteiger partial charge in [-0.1, -0.05) is 18.2 Å². The molecule has 0 bridgehead atoms. The fourth-order valence-corrected chi connectivity index (χ4v) is 1.80. The van der Waals surface area contributed by atoms with Crippen molar-refractivity contribution < 1.29 is 22.6 Å². The zero-order valence-electron chi connectivity index (χ0n) is 9.76. The molecule has 96 valence electrons. The first-order valence-corrected chi connectivity index (χ1v) is 6.81. The lowest BCUT2D eigenvalue weighted by Crippen LogP contribution is -3.11. The molecule has 0 unspecified atom stereocenters. The average Bonchev–Trinajstić information content (AvgIpc) is 2.31. The lowest BCUT2D eigenvalue weighted by atomic mass is 10.4. The van der Waals surface area contributed by atoms with Crippen LogP contribution in [-0.4, -0.2) is 46.3 Å². The Morgan fingerprint density at radius 1 is 1.18 bits per heavy atom. The summed E-state index contributed by atoms with van der Waals surface area (Å²) in [6.45, 7) is 4.26. The molecule has 1 fully saturated rings. The zero-order valence-corrected chi connectivity index (χ0v) is 10.6. The summed E-state index contributed by atoms with van der Waals surface area (Å²) in [5.74, 6) is 0. The number of quaternary nitrogens is 1. The van der Waals surface area contributed by atoms with E-state index in [4.69, 9.17) is 4.74 Å². The van der Waals surface area contributed by atoms with Crippen LogP contribution in [-0.2, 0) is 14.9 Å². The fraction of sp³-hybridized carbons (Fsp3) is 0.455. The largest absolute Gasteiger partial charge is 0.744 e. The Hall–Kier alpha value is -0.950. The van der Waals surface area contributed by atoms with Crippen molar-refractivity contribution in [2.45, 2.75) is 4.90 Å². The molecule has 1 heterocycles. The van der Waals surface area contributed by atoms with Crippen LogP contribution in [0.5, 0.6) is 0 Å². The summed E-state index contributed by atoms with van der Waals surface area (Å²) in [7, 11) is -2.06. The summed E-state index contributed by atoms with van der Waals surface area (Å²) in [5, 5.41) is 0. The second-order valence-corrected chi connectivity index (χ2v) is 5.22. The summed E-state index contributed by atoms with van der Waals surface area (Å²) in [5.41, 5.74) is 0. The zero-order chi connectivity index (χ0) is 12.7. The van der Waals surface area contributed by atoms with Gasteiger partial charge in [-0.3, -0.25) is 0 Å². The van der Waals surface area contributed by atoms with Gasteiger partial charge in [0, 0.05) is 0 Å². The topological polar surface area (TPSA) is 70.9 Å². The van der Waals surface area contributed by atoms with Crippen molar-refractivity contribution in [2.24, 2.45) is 0 Å². The lowest BCUT2D eigenvalue weighted by Gasteiger charge is -2.18. The third-order valence-corrected chi connectivity index (χ3v) is 3.23. The van der Waals surface area contributed by atoms with E-state index >= 15 is 0 Å². The Morgan fingerprint density at radius 2 is 1.71 bits per heavy atom. The van der Waals surface area contributed by atoms with Crippen LogP contribution < -0.4 is 4.90 Å². The minimum atomic E-state index is -4.25. The second kappa shape index (κ2) is 6.70. The van der Waals surface area contributed by atoms with E-state index in [0.717, 1.165) is 13.2 Å². The molecule has 0 aromatic heterocycles. The number of ether oxygens (including phenoxy) is 1. The van der Waals surface area contributed by atoms with Crippen LogP contribution in [0.15, 0.2) is 35.2 Å². The maximum Gasteiger partial charge on any atom is 0.124 e. The number of likely N-dealkylation sites (N-methyl/N-ethyl adjacent to an activating group) is 1. The normalized spacial score (nSPS) is 17.1. The summed E-state index contributed by atoms with van der Waals surface area (Å²) < 4.78 is 36.0. The highest BCUT2D eigenvalue weighted by Crippen LogP contribution is 2.04. The van der Waals surface area contributed by atoms with Crippen molar-refractivity contribution in [2.75, 3.05) is 33.4 Å². The van der Waals surface area contributed by atoms with Gasteiger partial charge in [-0.25, -0.2) is 8.42 Å². The number of nitrogens with one attached hydrogen (secondary N) is 1. The van der Waals surface area contributed by atoms with Gasteiger partial charge >= 0.3 is 0 Å². The molecule has 1 aliphatic heterocycles. The van der Waals surface area contributed by atoms with E-state index in [9.17, 15) is 13.0 Å². The highest BCUT2D eigenvalue weighted by Gasteiger charge is 2.05. The Balaban J connectivity index is 0.000000181. The first-order chi connectivity index (χ1) is 8.00. The van der Waals surface area contributed by atoms with Crippen molar-refractivity contribution in [1.29, 1.82) is 0 Å². The molecule has 1 N–H and O–H groups in total. The Kier molecular flexibility index (Phi) is 5.57. The van der Waals surface area contributed by atoms with Crippen LogP contribution in [0.3, 0.4) is 0 Å². The molecule has 1 saturated heterocycles. The van der Waals surface area contributed by atoms with Crippen LogP contribution in [0.1, 0.15) is 0 Å². The van der Waals surface area contributed by atoms with Crippen molar-refractivity contribution in [3.05, 3.63) is 30.3 Å². The van der Waals surface area contributed by atoms with Gasteiger partial charge in [0.25, 0.3) is 0 Å². The molecule has 6 heteroatoms. The molecule has 1 aromatic rings. The molecule has 5 nitrogen and oxygen atoms in total. The van der Waals surface area contributed by atoms with Gasteiger partial charge in [0.2, 0.25) is 0 Å². The quantitative estimate of drug-likeness (QED) is 0.665. The van der Waals surface area contributed by atoms with E-state index in [0.29, 0.717) is 0 Å². The number of hydrogen-bond donors (Lipinski definition) is 1. The molecule has 0 amide bonds. The number of benzene rings is 1. The van der Waals surface area contributed by atoms with Crippen LogP contribution in [0.25, 0.3) is 0 Å². The highest BCUT2D eigenvalue weighted by atomic mass is 32.2. The summed E-state index contributed by atoms with van der Waals surface area (Å²) in [4.78, 5) is 1.40. The minimum absolute atomic E-state index is 0.185. The van der Waals surface area contributed by atoms with Crippen molar-refractivity contribution in [3.8, 4) is 0 Å². The highest BCUT2D eigenvalue weighted by molar-refractivity contribution is 7.85. The molecule has 17 heavy (non-hydrogen) atoms. The van der Waals surface area contributed by atoms with Crippen LogP contribution >= 0.6 is 0 Å². The van der Waals surface area contributed by atoms with Gasteiger partial charge in [0.15, 0.2) is 0 Å². The molecular formula is C11H17NO4S. The maximum atomic E-state index is 10.3. The minimum Gasteiger partial charge on any atom is -0.744 e. The fourth-order valence-electron chi connectivity index (χ4n) is 1.31. The molecular weight excluding hydrogens is 242 g/mol. The summed E-state index contributed by atoms with van der Waals surface area (Å²) >= 11 is 0. The van der Waals surface area contributed by atoms with Gasteiger partial charge in [0.1, 0.15) is 23.2 Å². The Bertz CT molecular complexity index is 412. The van der Waals surface area contributed by atoms with E-state index in [1.165, 1.54) is 37.4 Å². The van der Waals surface area contributed by atoms with Gasteiger partial charge < -0.3 is 14.2 Å². The van der Waals surface area contributed by atoms with E-state index in [2.05, 4.69) is 7.05 Å². The molecule has 0 aliphatic carbocycles. The third-order valence-electron chi connectivity index (χ3n) is 2.38. The second-order valence-electron chi connectivity index (χ2n) is 3.84. The molecule has 2 rings (SSSR count). The van der Waals surface area contributed by atoms with E-state index in [1.807, 2.05) is 0 Å². The SMILES string of the molecule is C[NH+]1CCOCC1.O=S(=O)([O-])c1ccccc1. The van der Waals surface area contributed by atoms with Gasteiger partial charge in [0.05, 0.1) is 25.2 Å². The van der Waals surface area contributed by atoms with Crippen molar-refractivity contribution in [1.82, 2.24) is 0 Å². The van der Waals surface area contributed by atoms with Crippen molar-refractivity contribution >= 4 is 10.1 Å². The predicted molar refractivity (Wildman–Crippen MR) is 61.8 cm³/mol. The predicted octanol–water partition coefficient (Wildman–Crippen LogP) is -0.878. The molecule has 1 aromatic carbocycles. The lowest BCUT2D eigenvalue weighted by molar-refractivity contribution is -0.888. The summed E-state index contributed by atoms with van der Waals surface area (Å²) in [6, 6.07) is 7.19. The summed E-state index contributed by atoms with van der Waals surface area (Å²) in [6.07, 6.45) is 0. The third kappa shape index (κ3) is 5.78. The maximum absolute atomic E-state index is 10.3. The standard InChI is InChI=1S/C6H6O3S.C5H11NO/c7-10(8,9)6-4-2-1-3-5-6;1-6-2-4-7-5-3-6/h1-5H,(H,7,8,9);2-5H2,1H3. The van der Waals surface area contributed by atoms with E-state index in [-0.39, 0.29) is 4.90 Å². The number of morpholine rings is 1. The molecule has 0 radical (unpaired) electrons. The average molecular weight is 259 g/mol. The number of hydrogen-bond acceptors (Lipinski definition) is 4. The van der Waals surface area contributed by atoms with Crippen LogP contribution in [0.4, 0.5) is 0 Å². The van der Waals surface area contributed by atoms with Crippen LogP contribution in [0, 0.1) is 0 Å². The van der Waals surface area contributed by atoms with E-state index in [1.54, 1.807) is 11.0 Å². The van der Waals surface area contributed by atoms with E-state index < -0.39 is 10.1 Å². The van der Waals surface area contributed by atoms with Crippen molar-refractivity contribution in [3.63, 3.8) is 0 Å². The first-order valence-electron chi connectivity index (χ1n) is 5.40. The Morgan fingerprint density at radius 3 is 2.00 bits per heavy atom. The molecule has 0 atom stereocenters. The molecule has 0 saturated carbocycles. The number of rotatable bonds is 1. The Labute approximate surface area is 102 Å². The van der Waals surface area contributed by atoms with Gasteiger partial charge in [-0.05, 0) is 12.1 Å². The molecule has 1 aliphatic rings. The smallest absolute Gasteiger partial charge is 0.124 e. The first kappa shape index (κ1) is 14.1. The molecule has 0 spiro atoms. The van der Waals surface area contributed by atoms with Gasteiger partial charge in [-0.2, -0.15) is 0 Å². The monoisotopic (exact) mass is 259 g/mol. The van der Waals surface area contributed by atoms with Crippen LogP contribution in [0.2, 0.25) is 0 Å².